The summed E-state index contributed by atoms with van der Waals surface area (Å²) in [6.45, 7) is 2.01. The third-order valence-corrected chi connectivity index (χ3v) is 3.60. The monoisotopic (exact) mass is 269 g/mol. The van der Waals surface area contributed by atoms with Gasteiger partial charge < -0.3 is 0 Å². The fourth-order valence-corrected chi connectivity index (χ4v) is 2.32. The van der Waals surface area contributed by atoms with Crippen molar-refractivity contribution in [1.82, 2.24) is 4.31 Å². The zero-order chi connectivity index (χ0) is 11.4. The molecule has 1 unspecified atom stereocenters. The predicted molar refractivity (Wildman–Crippen MR) is 62.6 cm³/mol. The van der Waals surface area contributed by atoms with E-state index in [1.54, 1.807) is 0 Å². The highest BCUT2D eigenvalue weighted by molar-refractivity contribution is 7.97. The van der Waals surface area contributed by atoms with Crippen LogP contribution in [0.2, 0.25) is 0 Å². The minimum Gasteiger partial charge on any atom is -0.278 e. The van der Waals surface area contributed by atoms with E-state index in [1.807, 2.05) is 6.92 Å². The molecule has 0 aromatic carbocycles. The van der Waals surface area contributed by atoms with Crippen LogP contribution >= 0.6 is 35.1 Å². The Balaban J connectivity index is 2.79. The molecule has 1 aliphatic rings. The molecule has 0 fully saturated rings. The summed E-state index contributed by atoms with van der Waals surface area (Å²) in [7, 11) is 0. The molecule has 15 heavy (non-hydrogen) atoms. The van der Waals surface area contributed by atoms with E-state index in [1.165, 1.54) is 22.6 Å². The van der Waals surface area contributed by atoms with Gasteiger partial charge in [0.25, 0.3) is 0 Å². The van der Waals surface area contributed by atoms with Crippen molar-refractivity contribution >= 4 is 41.5 Å². The third kappa shape index (κ3) is 2.99. The molecule has 0 N–H and O–H groups in total. The molecule has 1 aliphatic heterocycles. The lowest BCUT2D eigenvalue weighted by molar-refractivity contribution is -0.429. The van der Waals surface area contributed by atoms with Crippen LogP contribution in [0.15, 0.2) is 15.8 Å². The summed E-state index contributed by atoms with van der Waals surface area (Å²) in [4.78, 5) is 13.8. The average Bonchev–Trinajstić information content (AvgIpc) is 2.16. The topological polar surface area (TPSA) is 58.7 Å². The second-order valence-electron chi connectivity index (χ2n) is 2.71. The van der Waals surface area contributed by atoms with E-state index in [2.05, 4.69) is 4.99 Å². The van der Waals surface area contributed by atoms with Gasteiger partial charge >= 0.3 is 5.70 Å². The van der Waals surface area contributed by atoms with Crippen molar-refractivity contribution in [2.24, 2.45) is 4.99 Å². The molecular weight excluding hydrogens is 261 g/mol. The van der Waals surface area contributed by atoms with Gasteiger partial charge in [-0.05, 0) is 18.4 Å². The van der Waals surface area contributed by atoms with Gasteiger partial charge in [0, 0.05) is 5.75 Å². The Hall–Kier alpha value is -0.460. The summed E-state index contributed by atoms with van der Waals surface area (Å²) < 4.78 is 1.52. The van der Waals surface area contributed by atoms with Gasteiger partial charge in [-0.25, -0.2) is 4.99 Å². The van der Waals surface area contributed by atoms with Gasteiger partial charge in [-0.3, -0.25) is 14.4 Å². The number of rotatable bonds is 4. The maximum Gasteiger partial charge on any atom is 0.321 e. The first-order chi connectivity index (χ1) is 7.07. The second kappa shape index (κ2) is 5.58. The van der Waals surface area contributed by atoms with Crippen molar-refractivity contribution in [2.75, 3.05) is 5.75 Å². The summed E-state index contributed by atoms with van der Waals surface area (Å²) in [6.07, 6.45) is 2.36. The minimum atomic E-state index is -0.874. The van der Waals surface area contributed by atoms with Crippen LogP contribution in [0.5, 0.6) is 0 Å². The zero-order valence-electron chi connectivity index (χ0n) is 7.89. The number of alkyl halides is 1. The smallest absolute Gasteiger partial charge is 0.278 e. The lowest BCUT2D eigenvalue weighted by Crippen LogP contribution is -2.32. The molecule has 0 spiro atoms. The standard InChI is InChI=1S/C7H9Cl2N3O2S/c1-2-3-15-11-4-10-6(8)5(7(11)9)12(13)14/h4,7H,2-3H2,1H3. The van der Waals surface area contributed by atoms with Crippen LogP contribution < -0.4 is 0 Å². The van der Waals surface area contributed by atoms with Crippen LogP contribution in [0.3, 0.4) is 0 Å². The summed E-state index contributed by atoms with van der Waals surface area (Å²) in [6, 6.07) is 0. The van der Waals surface area contributed by atoms with Crippen molar-refractivity contribution < 1.29 is 4.92 Å². The first-order valence-corrected chi connectivity index (χ1v) is 5.97. The van der Waals surface area contributed by atoms with Gasteiger partial charge in [-0.1, -0.05) is 30.1 Å². The summed E-state index contributed by atoms with van der Waals surface area (Å²) in [5.41, 5.74) is -1.15. The number of hydrogen-bond acceptors (Lipinski definition) is 5. The van der Waals surface area contributed by atoms with Crippen LogP contribution in [0, 0.1) is 10.1 Å². The molecule has 0 aromatic heterocycles. The van der Waals surface area contributed by atoms with Crippen LogP contribution in [-0.2, 0) is 0 Å². The lowest BCUT2D eigenvalue weighted by atomic mass is 10.4. The minimum absolute atomic E-state index is 0.159. The molecule has 0 aromatic rings. The molecule has 8 heteroatoms. The summed E-state index contributed by atoms with van der Waals surface area (Å²) >= 11 is 12.9. The molecule has 84 valence electrons. The molecule has 0 saturated carbocycles. The molecule has 0 amide bonds. The molecular formula is C7H9Cl2N3O2S. The Labute approximate surface area is 101 Å². The largest absolute Gasteiger partial charge is 0.321 e. The van der Waals surface area contributed by atoms with Gasteiger partial charge in [0.05, 0.1) is 4.92 Å². The Bertz CT molecular complexity index is 321. The van der Waals surface area contributed by atoms with E-state index in [9.17, 15) is 10.1 Å². The van der Waals surface area contributed by atoms with E-state index in [0.29, 0.717) is 0 Å². The van der Waals surface area contributed by atoms with Crippen LogP contribution in [0.4, 0.5) is 0 Å². The SMILES string of the molecule is CCCSN1C=NC(Cl)=C([N+](=O)[O-])C1Cl. The predicted octanol–water partition coefficient (Wildman–Crippen LogP) is 2.64. The highest BCUT2D eigenvalue weighted by atomic mass is 35.5. The number of nitro groups is 1. The highest BCUT2D eigenvalue weighted by Gasteiger charge is 2.34. The fourth-order valence-electron chi connectivity index (χ4n) is 0.909. The summed E-state index contributed by atoms with van der Waals surface area (Å²) in [5, 5.41) is 10.5. The Kier molecular flexibility index (Phi) is 4.69. The third-order valence-electron chi connectivity index (χ3n) is 1.59. The number of nitrogens with zero attached hydrogens (tertiary/aromatic N) is 3. The van der Waals surface area contributed by atoms with E-state index < -0.39 is 10.4 Å². The Morgan fingerprint density at radius 1 is 1.80 bits per heavy atom. The number of halogens is 2. The Morgan fingerprint density at radius 2 is 2.47 bits per heavy atom. The van der Waals surface area contributed by atoms with E-state index >= 15 is 0 Å². The van der Waals surface area contributed by atoms with Crippen molar-refractivity contribution in [1.29, 1.82) is 0 Å². The van der Waals surface area contributed by atoms with Crippen LogP contribution in [0.1, 0.15) is 13.3 Å². The molecule has 5 nitrogen and oxygen atoms in total. The molecule has 0 bridgehead atoms. The van der Waals surface area contributed by atoms with Crippen molar-refractivity contribution in [3.05, 3.63) is 21.0 Å². The van der Waals surface area contributed by atoms with Gasteiger partial charge in [-0.15, -0.1) is 0 Å². The van der Waals surface area contributed by atoms with Gasteiger partial charge in [0.2, 0.25) is 10.7 Å². The van der Waals surface area contributed by atoms with E-state index in [0.717, 1.165) is 12.2 Å². The fraction of sp³-hybridized carbons (Fsp3) is 0.571. The summed E-state index contributed by atoms with van der Waals surface area (Å²) in [5.74, 6) is 0.817. The lowest BCUT2D eigenvalue weighted by Gasteiger charge is -2.24. The van der Waals surface area contributed by atoms with E-state index in [-0.39, 0.29) is 10.9 Å². The molecule has 1 heterocycles. The maximum atomic E-state index is 10.7. The van der Waals surface area contributed by atoms with Crippen molar-refractivity contribution in [3.8, 4) is 0 Å². The zero-order valence-corrected chi connectivity index (χ0v) is 10.2. The first-order valence-electron chi connectivity index (χ1n) is 4.21. The molecule has 1 atom stereocenters. The van der Waals surface area contributed by atoms with Crippen molar-refractivity contribution in [2.45, 2.75) is 18.8 Å². The molecule has 0 aliphatic carbocycles. The number of hydrogen-bond donors (Lipinski definition) is 0. The average molecular weight is 270 g/mol. The molecule has 0 saturated heterocycles. The van der Waals surface area contributed by atoms with Gasteiger partial charge in [0.1, 0.15) is 6.34 Å². The first kappa shape index (κ1) is 12.6. The molecule has 0 radical (unpaired) electrons. The van der Waals surface area contributed by atoms with Crippen LogP contribution in [-0.4, -0.2) is 26.8 Å². The van der Waals surface area contributed by atoms with Crippen molar-refractivity contribution in [3.63, 3.8) is 0 Å². The second-order valence-corrected chi connectivity index (χ2v) is 4.57. The quantitative estimate of drug-likeness (QED) is 0.259. The van der Waals surface area contributed by atoms with E-state index in [4.69, 9.17) is 23.2 Å². The highest BCUT2D eigenvalue weighted by Crippen LogP contribution is 2.29. The normalized spacial score (nSPS) is 21.0. The van der Waals surface area contributed by atoms with Gasteiger partial charge in [-0.2, -0.15) is 0 Å². The Morgan fingerprint density at radius 3 is 3.00 bits per heavy atom. The number of aliphatic imine (C=N–C) groups is 1. The molecule has 1 rings (SSSR count). The van der Waals surface area contributed by atoms with Crippen LogP contribution in [0.25, 0.3) is 0 Å². The van der Waals surface area contributed by atoms with Gasteiger partial charge in [0.15, 0.2) is 0 Å². The maximum absolute atomic E-state index is 10.7.